The van der Waals surface area contributed by atoms with Crippen molar-refractivity contribution in [2.45, 2.75) is 24.0 Å². The Labute approximate surface area is 114 Å². The van der Waals surface area contributed by atoms with Crippen LogP contribution in [0.5, 0.6) is 0 Å². The highest BCUT2D eigenvalue weighted by Gasteiger charge is 2.41. The molecule has 20 heavy (non-hydrogen) atoms. The molecule has 7 nitrogen and oxygen atoms in total. The molecule has 0 unspecified atom stereocenters. The molecular weight excluding hydrogens is 284 g/mol. The van der Waals surface area contributed by atoms with Crippen molar-refractivity contribution in [1.29, 1.82) is 0 Å². The van der Waals surface area contributed by atoms with Crippen molar-refractivity contribution in [3.63, 3.8) is 0 Å². The predicted molar refractivity (Wildman–Crippen MR) is 68.6 cm³/mol. The Balaban J connectivity index is 2.05. The number of carbonyl (C=O) groups is 1. The summed E-state index contributed by atoms with van der Waals surface area (Å²) in [6, 6.07) is 2.01. The third-order valence-electron chi connectivity index (χ3n) is 3.35. The van der Waals surface area contributed by atoms with Crippen LogP contribution in [-0.4, -0.2) is 41.4 Å². The van der Waals surface area contributed by atoms with Crippen LogP contribution in [0.1, 0.15) is 12.8 Å². The molecule has 8 heteroatoms. The lowest BCUT2D eigenvalue weighted by molar-refractivity contribution is -0.140. The second-order valence-corrected chi connectivity index (χ2v) is 6.41. The van der Waals surface area contributed by atoms with E-state index in [0.29, 0.717) is 23.8 Å². The molecule has 2 aromatic rings. The van der Waals surface area contributed by atoms with Gasteiger partial charge in [0.1, 0.15) is 6.04 Å². The maximum absolute atomic E-state index is 12.5. The zero-order valence-electron chi connectivity index (χ0n) is 10.4. The van der Waals surface area contributed by atoms with Crippen LogP contribution < -0.4 is 0 Å². The summed E-state index contributed by atoms with van der Waals surface area (Å²) in [6.45, 7) is 0.189. The number of rotatable bonds is 3. The standard InChI is InChI=1S/C12H12N2O5S/c15-12(16)9-2-1-5-14(9)20(17,18)11-6-8-3-4-13-7-10(8)19-11/h3-4,6-7,9H,1-2,5H2,(H,15,16)/t9-/m0/s1. The van der Waals surface area contributed by atoms with E-state index in [9.17, 15) is 13.2 Å². The van der Waals surface area contributed by atoms with Gasteiger partial charge in [-0.3, -0.25) is 9.78 Å². The van der Waals surface area contributed by atoms with E-state index in [1.807, 2.05) is 0 Å². The number of hydrogen-bond donors (Lipinski definition) is 1. The van der Waals surface area contributed by atoms with Crippen LogP contribution in [0.25, 0.3) is 11.0 Å². The molecule has 1 saturated heterocycles. The number of sulfonamides is 1. The van der Waals surface area contributed by atoms with Crippen molar-refractivity contribution >= 4 is 27.0 Å². The molecule has 0 radical (unpaired) electrons. The van der Waals surface area contributed by atoms with Gasteiger partial charge in [-0.25, -0.2) is 8.42 Å². The highest BCUT2D eigenvalue weighted by Crippen LogP contribution is 2.29. The Kier molecular flexibility index (Phi) is 2.98. The van der Waals surface area contributed by atoms with E-state index < -0.39 is 22.0 Å². The molecule has 1 atom stereocenters. The second-order valence-electron chi connectivity index (χ2n) is 4.59. The SMILES string of the molecule is O=C(O)[C@@H]1CCCN1S(=O)(=O)c1cc2ccncc2o1. The molecule has 2 aromatic heterocycles. The fraction of sp³-hybridized carbons (Fsp3) is 0.333. The summed E-state index contributed by atoms with van der Waals surface area (Å²) in [5, 5.41) is 9.46. The number of aliphatic carboxylic acids is 1. The molecule has 0 amide bonds. The largest absolute Gasteiger partial charge is 0.480 e. The van der Waals surface area contributed by atoms with Gasteiger partial charge >= 0.3 is 5.97 Å². The minimum absolute atomic E-state index is 0.189. The number of pyridine rings is 1. The van der Waals surface area contributed by atoms with Crippen LogP contribution >= 0.6 is 0 Å². The number of fused-ring (bicyclic) bond motifs is 1. The van der Waals surface area contributed by atoms with Crippen LogP contribution in [0, 0.1) is 0 Å². The molecule has 3 rings (SSSR count). The zero-order valence-corrected chi connectivity index (χ0v) is 11.2. The quantitative estimate of drug-likeness (QED) is 0.909. The van der Waals surface area contributed by atoms with E-state index in [2.05, 4.69) is 4.98 Å². The first-order valence-corrected chi connectivity index (χ1v) is 7.52. The zero-order chi connectivity index (χ0) is 14.3. The topological polar surface area (TPSA) is 101 Å². The van der Waals surface area contributed by atoms with E-state index in [-0.39, 0.29) is 11.6 Å². The lowest BCUT2D eigenvalue weighted by Gasteiger charge is -2.19. The van der Waals surface area contributed by atoms with Gasteiger partial charge < -0.3 is 9.52 Å². The van der Waals surface area contributed by atoms with E-state index in [4.69, 9.17) is 9.52 Å². The number of hydrogen-bond acceptors (Lipinski definition) is 5. The highest BCUT2D eigenvalue weighted by molar-refractivity contribution is 7.89. The van der Waals surface area contributed by atoms with Crippen molar-refractivity contribution in [3.05, 3.63) is 24.5 Å². The lowest BCUT2D eigenvalue weighted by Crippen LogP contribution is -2.40. The van der Waals surface area contributed by atoms with Crippen LogP contribution in [0.15, 0.2) is 34.0 Å². The molecule has 0 bridgehead atoms. The van der Waals surface area contributed by atoms with Gasteiger partial charge in [-0.15, -0.1) is 0 Å². The molecule has 1 N–H and O–H groups in total. The normalized spacial score (nSPS) is 20.5. The molecule has 1 aliphatic heterocycles. The maximum Gasteiger partial charge on any atom is 0.322 e. The van der Waals surface area contributed by atoms with Crippen LogP contribution in [0.3, 0.4) is 0 Å². The van der Waals surface area contributed by atoms with Gasteiger partial charge in [0.25, 0.3) is 10.0 Å². The Morgan fingerprint density at radius 2 is 2.30 bits per heavy atom. The average molecular weight is 296 g/mol. The summed E-state index contributed by atoms with van der Waals surface area (Å²) < 4.78 is 31.2. The van der Waals surface area contributed by atoms with Crippen molar-refractivity contribution in [1.82, 2.24) is 9.29 Å². The first-order valence-electron chi connectivity index (χ1n) is 6.08. The minimum atomic E-state index is -3.94. The first kappa shape index (κ1) is 13.1. The van der Waals surface area contributed by atoms with Gasteiger partial charge in [0, 0.05) is 24.2 Å². The van der Waals surface area contributed by atoms with Crippen LogP contribution in [0.4, 0.5) is 0 Å². The van der Waals surface area contributed by atoms with Gasteiger partial charge in [-0.1, -0.05) is 0 Å². The minimum Gasteiger partial charge on any atom is -0.480 e. The van der Waals surface area contributed by atoms with Crippen molar-refractivity contribution < 1.29 is 22.7 Å². The molecule has 0 saturated carbocycles. The summed E-state index contributed by atoms with van der Waals surface area (Å²) >= 11 is 0. The Morgan fingerprint density at radius 3 is 3.00 bits per heavy atom. The molecule has 0 spiro atoms. The summed E-state index contributed by atoms with van der Waals surface area (Å²) in [6.07, 6.45) is 3.80. The van der Waals surface area contributed by atoms with Crippen molar-refractivity contribution in [3.8, 4) is 0 Å². The van der Waals surface area contributed by atoms with Crippen LogP contribution in [-0.2, 0) is 14.8 Å². The number of aromatic nitrogens is 1. The second kappa shape index (κ2) is 4.57. The van der Waals surface area contributed by atoms with Crippen molar-refractivity contribution in [2.75, 3.05) is 6.54 Å². The van der Waals surface area contributed by atoms with E-state index in [1.165, 1.54) is 18.5 Å². The number of furan rings is 1. The first-order chi connectivity index (χ1) is 9.50. The summed E-state index contributed by atoms with van der Waals surface area (Å²) in [4.78, 5) is 15.0. The van der Waals surface area contributed by atoms with Crippen molar-refractivity contribution in [2.24, 2.45) is 0 Å². The molecule has 0 aromatic carbocycles. The smallest absolute Gasteiger partial charge is 0.322 e. The third-order valence-corrected chi connectivity index (χ3v) is 5.12. The molecule has 1 aliphatic rings. The summed E-state index contributed by atoms with van der Waals surface area (Å²) in [7, 11) is -3.94. The van der Waals surface area contributed by atoms with Gasteiger partial charge in [0.15, 0.2) is 5.58 Å². The van der Waals surface area contributed by atoms with E-state index in [0.717, 1.165) is 4.31 Å². The fourth-order valence-electron chi connectivity index (χ4n) is 2.38. The van der Waals surface area contributed by atoms with Gasteiger partial charge in [0.05, 0.1) is 6.20 Å². The Hall–Kier alpha value is -1.93. The molecule has 3 heterocycles. The maximum atomic E-state index is 12.5. The van der Waals surface area contributed by atoms with Crippen LogP contribution in [0.2, 0.25) is 0 Å². The molecule has 106 valence electrons. The summed E-state index contributed by atoms with van der Waals surface area (Å²) in [5.74, 6) is -1.14. The molecule has 1 fully saturated rings. The fourth-order valence-corrected chi connectivity index (χ4v) is 3.98. The summed E-state index contributed by atoms with van der Waals surface area (Å²) in [5.41, 5.74) is 0.358. The van der Waals surface area contributed by atoms with Gasteiger partial charge in [-0.2, -0.15) is 4.31 Å². The van der Waals surface area contributed by atoms with Gasteiger partial charge in [-0.05, 0) is 18.9 Å². The molecule has 0 aliphatic carbocycles. The highest BCUT2D eigenvalue weighted by atomic mass is 32.2. The predicted octanol–water partition coefficient (Wildman–Crippen LogP) is 1.07. The van der Waals surface area contributed by atoms with E-state index in [1.54, 1.807) is 6.07 Å². The number of nitrogens with zero attached hydrogens (tertiary/aromatic N) is 2. The lowest BCUT2D eigenvalue weighted by atomic mass is 10.2. The average Bonchev–Trinajstić information content (AvgIpc) is 3.05. The monoisotopic (exact) mass is 296 g/mol. The Morgan fingerprint density at radius 1 is 1.50 bits per heavy atom. The Bertz CT molecular complexity index is 734. The number of carboxylic acids is 1. The third kappa shape index (κ3) is 1.97. The number of carboxylic acid groups (broad SMARTS) is 1. The van der Waals surface area contributed by atoms with E-state index >= 15 is 0 Å². The van der Waals surface area contributed by atoms with Gasteiger partial charge in [0.2, 0.25) is 5.09 Å². The molecular formula is C12H12N2O5S.